The Hall–Kier alpha value is -1.51. The predicted molar refractivity (Wildman–Crippen MR) is 49.7 cm³/mol. The van der Waals surface area contributed by atoms with Crippen molar-refractivity contribution in [3.63, 3.8) is 0 Å². The molecular formula is C10H10N2O. The van der Waals surface area contributed by atoms with Crippen LogP contribution in [0.5, 0.6) is 5.75 Å². The number of aryl methyl sites for hydroxylation is 2. The lowest BCUT2D eigenvalue weighted by Crippen LogP contribution is -1.90. The van der Waals surface area contributed by atoms with Gasteiger partial charge in [0.15, 0.2) is 0 Å². The number of hydrogen-bond donors (Lipinski definition) is 1. The van der Waals surface area contributed by atoms with Crippen LogP contribution in [0.4, 0.5) is 0 Å². The molecule has 0 fully saturated rings. The third kappa shape index (κ3) is 0.869. The second kappa shape index (κ2) is 2.25. The van der Waals surface area contributed by atoms with Crippen LogP contribution in [0.2, 0.25) is 0 Å². The normalized spacial score (nSPS) is 15.1. The Morgan fingerprint density at radius 3 is 3.23 bits per heavy atom. The van der Waals surface area contributed by atoms with Crippen molar-refractivity contribution in [1.82, 2.24) is 9.55 Å². The summed E-state index contributed by atoms with van der Waals surface area (Å²) in [6.45, 7) is 1.04. The average molecular weight is 174 g/mol. The molecule has 0 aliphatic carbocycles. The number of phenolic OH excluding ortho intramolecular Hbond substituents is 1. The standard InChI is InChI=1S/C10H10N2O/c13-7-3-4-8-9(6-7)12-5-1-2-10(12)11-8/h3-4,6,13H,1-2,5H2. The molecule has 3 rings (SSSR count). The summed E-state index contributed by atoms with van der Waals surface area (Å²) in [7, 11) is 0. The fourth-order valence-electron chi connectivity index (χ4n) is 2.00. The number of hydrogen-bond acceptors (Lipinski definition) is 2. The number of benzene rings is 1. The first-order chi connectivity index (χ1) is 6.34. The molecule has 0 amide bonds. The highest BCUT2D eigenvalue weighted by molar-refractivity contribution is 5.77. The predicted octanol–water partition coefficient (Wildman–Crippen LogP) is 1.69. The van der Waals surface area contributed by atoms with E-state index < -0.39 is 0 Å². The van der Waals surface area contributed by atoms with Crippen molar-refractivity contribution in [2.75, 3.05) is 0 Å². The number of imidazole rings is 1. The van der Waals surface area contributed by atoms with Crippen molar-refractivity contribution in [2.45, 2.75) is 19.4 Å². The van der Waals surface area contributed by atoms with E-state index in [9.17, 15) is 5.11 Å². The molecule has 66 valence electrons. The van der Waals surface area contributed by atoms with Crippen molar-refractivity contribution < 1.29 is 5.11 Å². The summed E-state index contributed by atoms with van der Waals surface area (Å²) in [4.78, 5) is 4.49. The lowest BCUT2D eigenvalue weighted by molar-refractivity contribution is 0.476. The highest BCUT2D eigenvalue weighted by Gasteiger charge is 2.15. The maximum absolute atomic E-state index is 9.34. The average Bonchev–Trinajstić information content (AvgIpc) is 2.64. The molecular weight excluding hydrogens is 164 g/mol. The van der Waals surface area contributed by atoms with Gasteiger partial charge in [0.1, 0.15) is 11.6 Å². The van der Waals surface area contributed by atoms with Crippen LogP contribution in [0.25, 0.3) is 11.0 Å². The minimum absolute atomic E-state index is 0.321. The van der Waals surface area contributed by atoms with E-state index >= 15 is 0 Å². The lowest BCUT2D eigenvalue weighted by Gasteiger charge is -1.97. The molecule has 3 nitrogen and oxygen atoms in total. The molecule has 2 heterocycles. The van der Waals surface area contributed by atoms with Gasteiger partial charge in [0.25, 0.3) is 0 Å². The van der Waals surface area contributed by atoms with Crippen LogP contribution < -0.4 is 0 Å². The second-order valence-electron chi connectivity index (χ2n) is 3.46. The van der Waals surface area contributed by atoms with E-state index in [0.717, 1.165) is 29.8 Å². The molecule has 0 spiro atoms. The Morgan fingerprint density at radius 1 is 1.38 bits per heavy atom. The molecule has 0 bridgehead atoms. The van der Waals surface area contributed by atoms with Crippen molar-refractivity contribution in [3.05, 3.63) is 24.0 Å². The van der Waals surface area contributed by atoms with Gasteiger partial charge in [-0.3, -0.25) is 0 Å². The third-order valence-corrected chi connectivity index (χ3v) is 2.59. The van der Waals surface area contributed by atoms with Crippen LogP contribution in [0.3, 0.4) is 0 Å². The number of rotatable bonds is 0. The van der Waals surface area contributed by atoms with E-state index in [1.807, 2.05) is 6.07 Å². The number of aromatic hydroxyl groups is 1. The molecule has 2 aromatic rings. The van der Waals surface area contributed by atoms with Gasteiger partial charge in [0.05, 0.1) is 11.0 Å². The van der Waals surface area contributed by atoms with Gasteiger partial charge < -0.3 is 9.67 Å². The largest absolute Gasteiger partial charge is 0.508 e. The van der Waals surface area contributed by atoms with Gasteiger partial charge in [0, 0.05) is 19.0 Å². The fourth-order valence-corrected chi connectivity index (χ4v) is 2.00. The van der Waals surface area contributed by atoms with Crippen molar-refractivity contribution in [2.24, 2.45) is 0 Å². The molecule has 3 heteroatoms. The van der Waals surface area contributed by atoms with E-state index in [1.165, 1.54) is 6.42 Å². The minimum Gasteiger partial charge on any atom is -0.508 e. The van der Waals surface area contributed by atoms with Crippen molar-refractivity contribution in [3.8, 4) is 5.75 Å². The van der Waals surface area contributed by atoms with Crippen LogP contribution in [0.1, 0.15) is 12.2 Å². The molecule has 0 atom stereocenters. The quantitative estimate of drug-likeness (QED) is 0.660. The first-order valence-corrected chi connectivity index (χ1v) is 4.53. The summed E-state index contributed by atoms with van der Waals surface area (Å²) in [5, 5.41) is 9.34. The summed E-state index contributed by atoms with van der Waals surface area (Å²) < 4.78 is 2.19. The molecule has 13 heavy (non-hydrogen) atoms. The molecule has 0 radical (unpaired) electrons. The van der Waals surface area contributed by atoms with Crippen LogP contribution >= 0.6 is 0 Å². The molecule has 1 aromatic carbocycles. The van der Waals surface area contributed by atoms with Crippen molar-refractivity contribution in [1.29, 1.82) is 0 Å². The smallest absolute Gasteiger partial charge is 0.117 e. The van der Waals surface area contributed by atoms with Gasteiger partial charge in [-0.2, -0.15) is 0 Å². The Balaban J connectivity index is 2.40. The number of phenols is 1. The molecule has 1 N–H and O–H groups in total. The van der Waals surface area contributed by atoms with Crippen LogP contribution in [0.15, 0.2) is 18.2 Å². The fraction of sp³-hybridized carbons (Fsp3) is 0.300. The van der Waals surface area contributed by atoms with E-state index in [1.54, 1.807) is 12.1 Å². The molecule has 0 saturated carbocycles. The topological polar surface area (TPSA) is 38.1 Å². The van der Waals surface area contributed by atoms with Gasteiger partial charge in [-0.15, -0.1) is 0 Å². The van der Waals surface area contributed by atoms with Gasteiger partial charge in [-0.1, -0.05) is 0 Å². The zero-order valence-corrected chi connectivity index (χ0v) is 7.20. The summed E-state index contributed by atoms with van der Waals surface area (Å²) in [5.74, 6) is 1.47. The molecule has 1 aliphatic rings. The maximum atomic E-state index is 9.34. The van der Waals surface area contributed by atoms with E-state index in [2.05, 4.69) is 9.55 Å². The lowest BCUT2D eigenvalue weighted by atomic mass is 10.3. The van der Waals surface area contributed by atoms with Gasteiger partial charge >= 0.3 is 0 Å². The molecule has 0 unspecified atom stereocenters. The Bertz CT molecular complexity index is 473. The molecule has 1 aromatic heterocycles. The zero-order chi connectivity index (χ0) is 8.84. The van der Waals surface area contributed by atoms with E-state index in [4.69, 9.17) is 0 Å². The van der Waals surface area contributed by atoms with Crippen LogP contribution in [0, 0.1) is 0 Å². The molecule has 1 aliphatic heterocycles. The summed E-state index contributed by atoms with van der Waals surface area (Å²) in [6.07, 6.45) is 2.24. The Labute approximate surface area is 75.6 Å². The number of aromatic nitrogens is 2. The van der Waals surface area contributed by atoms with Gasteiger partial charge in [-0.25, -0.2) is 4.98 Å². The first-order valence-electron chi connectivity index (χ1n) is 4.53. The summed E-state index contributed by atoms with van der Waals surface area (Å²) in [5.41, 5.74) is 2.06. The Kier molecular flexibility index (Phi) is 1.20. The first kappa shape index (κ1) is 6.95. The van der Waals surface area contributed by atoms with Gasteiger partial charge in [-0.05, 0) is 18.6 Å². The summed E-state index contributed by atoms with van der Waals surface area (Å²) in [6, 6.07) is 5.35. The number of fused-ring (bicyclic) bond motifs is 3. The third-order valence-electron chi connectivity index (χ3n) is 2.59. The second-order valence-corrected chi connectivity index (χ2v) is 3.46. The van der Waals surface area contributed by atoms with E-state index in [0.29, 0.717) is 5.75 Å². The maximum Gasteiger partial charge on any atom is 0.117 e. The minimum atomic E-state index is 0.321. The number of nitrogens with zero attached hydrogens (tertiary/aromatic N) is 2. The summed E-state index contributed by atoms with van der Waals surface area (Å²) >= 11 is 0. The van der Waals surface area contributed by atoms with Crippen LogP contribution in [-0.2, 0) is 13.0 Å². The molecule has 0 saturated heterocycles. The van der Waals surface area contributed by atoms with Gasteiger partial charge in [0.2, 0.25) is 0 Å². The van der Waals surface area contributed by atoms with Crippen molar-refractivity contribution >= 4 is 11.0 Å². The highest BCUT2D eigenvalue weighted by atomic mass is 16.3. The van der Waals surface area contributed by atoms with E-state index in [-0.39, 0.29) is 0 Å². The highest BCUT2D eigenvalue weighted by Crippen LogP contribution is 2.25. The SMILES string of the molecule is Oc1ccc2nc3n(c2c1)CCC3. The Morgan fingerprint density at radius 2 is 2.31 bits per heavy atom. The van der Waals surface area contributed by atoms with Crippen LogP contribution in [-0.4, -0.2) is 14.7 Å². The zero-order valence-electron chi connectivity index (χ0n) is 7.20. The monoisotopic (exact) mass is 174 g/mol.